The van der Waals surface area contributed by atoms with E-state index >= 15 is 0 Å². The number of hydrogen-bond acceptors (Lipinski definition) is 6. The summed E-state index contributed by atoms with van der Waals surface area (Å²) in [5.41, 5.74) is 0. The van der Waals surface area contributed by atoms with Crippen LogP contribution >= 0.6 is 0 Å². The third-order valence-electron chi connectivity index (χ3n) is 3.95. The quantitative estimate of drug-likeness (QED) is 0.842. The smallest absolute Gasteiger partial charge is 0.229 e. The maximum atomic E-state index is 9.35. The van der Waals surface area contributed by atoms with Crippen LogP contribution in [0.2, 0.25) is 0 Å². The van der Waals surface area contributed by atoms with E-state index < -0.39 is 0 Å². The first-order valence-corrected chi connectivity index (χ1v) is 7.53. The van der Waals surface area contributed by atoms with Gasteiger partial charge in [-0.1, -0.05) is 25.9 Å². The van der Waals surface area contributed by atoms with Gasteiger partial charge in [0.1, 0.15) is 0 Å². The average molecular weight is 282 g/mol. The van der Waals surface area contributed by atoms with E-state index in [9.17, 15) is 5.11 Å². The van der Waals surface area contributed by atoms with Crippen molar-refractivity contribution in [2.24, 2.45) is 0 Å². The van der Waals surface area contributed by atoms with Crippen LogP contribution in [0, 0.1) is 0 Å². The molecule has 6 heteroatoms. The van der Waals surface area contributed by atoms with Crippen LogP contribution in [-0.4, -0.2) is 63.9 Å². The summed E-state index contributed by atoms with van der Waals surface area (Å²) in [6.07, 6.45) is 0.999. The van der Waals surface area contributed by atoms with Gasteiger partial charge in [0.25, 0.3) is 0 Å². The zero-order valence-electron chi connectivity index (χ0n) is 12.7. The normalized spacial score (nSPS) is 19.6. The molecule has 1 fully saturated rings. The molecule has 2 rings (SSSR count). The fourth-order valence-electron chi connectivity index (χ4n) is 2.56. The highest BCUT2D eigenvalue weighted by atomic mass is 16.5. The van der Waals surface area contributed by atoms with Crippen molar-refractivity contribution in [3.05, 3.63) is 11.7 Å². The zero-order chi connectivity index (χ0) is 14.5. The van der Waals surface area contributed by atoms with E-state index in [0.717, 1.165) is 45.0 Å². The van der Waals surface area contributed by atoms with Crippen LogP contribution < -0.4 is 0 Å². The summed E-state index contributed by atoms with van der Waals surface area (Å²) in [5, 5.41) is 13.4. The first-order valence-electron chi connectivity index (χ1n) is 7.53. The molecular formula is C14H26N4O2. The molecule has 1 saturated heterocycles. The Morgan fingerprint density at radius 1 is 1.25 bits per heavy atom. The third-order valence-corrected chi connectivity index (χ3v) is 3.95. The van der Waals surface area contributed by atoms with E-state index in [2.05, 4.69) is 40.7 Å². The van der Waals surface area contributed by atoms with E-state index in [-0.39, 0.29) is 12.5 Å². The number of aliphatic hydroxyl groups is 1. The van der Waals surface area contributed by atoms with Crippen LogP contribution in [0.4, 0.5) is 0 Å². The molecule has 20 heavy (non-hydrogen) atoms. The Morgan fingerprint density at radius 2 is 1.95 bits per heavy atom. The number of aromatic nitrogens is 2. The first kappa shape index (κ1) is 15.4. The highest BCUT2D eigenvalue weighted by Crippen LogP contribution is 2.14. The van der Waals surface area contributed by atoms with Crippen molar-refractivity contribution < 1.29 is 9.63 Å². The Bertz CT molecular complexity index is 396. The van der Waals surface area contributed by atoms with E-state index in [4.69, 9.17) is 4.52 Å². The van der Waals surface area contributed by atoms with Crippen molar-refractivity contribution in [1.29, 1.82) is 0 Å². The van der Waals surface area contributed by atoms with Gasteiger partial charge in [-0.25, -0.2) is 0 Å². The number of nitrogens with zero attached hydrogens (tertiary/aromatic N) is 4. The Morgan fingerprint density at radius 3 is 2.45 bits per heavy atom. The van der Waals surface area contributed by atoms with Crippen LogP contribution in [0.15, 0.2) is 4.52 Å². The number of rotatable bonds is 6. The predicted molar refractivity (Wildman–Crippen MR) is 76.4 cm³/mol. The molecule has 114 valence electrons. The average Bonchev–Trinajstić information content (AvgIpc) is 2.91. The molecular weight excluding hydrogens is 256 g/mol. The molecule has 0 aliphatic carbocycles. The molecule has 1 aliphatic rings. The fourth-order valence-corrected chi connectivity index (χ4v) is 2.56. The molecule has 0 amide bonds. The minimum absolute atomic E-state index is 0.249. The Labute approximate surface area is 120 Å². The van der Waals surface area contributed by atoms with E-state index in [0.29, 0.717) is 11.9 Å². The van der Waals surface area contributed by atoms with Crippen LogP contribution in [0.3, 0.4) is 0 Å². The van der Waals surface area contributed by atoms with Crippen molar-refractivity contribution in [2.75, 3.05) is 32.8 Å². The molecule has 0 radical (unpaired) electrons. The number of hydrogen-bond donors (Lipinski definition) is 1. The Balaban J connectivity index is 1.81. The SMILES string of the molecule is CCC(CO)N1CCN(Cc2noc(C(C)C)n2)CC1. The molecule has 1 aromatic rings. The van der Waals surface area contributed by atoms with Gasteiger partial charge in [-0.05, 0) is 6.42 Å². The maximum absolute atomic E-state index is 9.35. The predicted octanol–water partition coefficient (Wildman–Crippen LogP) is 1.08. The van der Waals surface area contributed by atoms with Gasteiger partial charge in [-0.2, -0.15) is 4.98 Å². The lowest BCUT2D eigenvalue weighted by molar-refractivity contribution is 0.0596. The second-order valence-corrected chi connectivity index (χ2v) is 5.76. The molecule has 0 aromatic carbocycles. The summed E-state index contributed by atoms with van der Waals surface area (Å²) in [5.74, 6) is 1.77. The van der Waals surface area contributed by atoms with Crippen molar-refractivity contribution in [1.82, 2.24) is 19.9 Å². The largest absolute Gasteiger partial charge is 0.395 e. The van der Waals surface area contributed by atoms with Gasteiger partial charge in [0.15, 0.2) is 5.82 Å². The van der Waals surface area contributed by atoms with Crippen molar-refractivity contribution >= 4 is 0 Å². The van der Waals surface area contributed by atoms with E-state index in [1.807, 2.05) is 0 Å². The van der Waals surface area contributed by atoms with Gasteiger partial charge < -0.3 is 9.63 Å². The fraction of sp³-hybridized carbons (Fsp3) is 0.857. The van der Waals surface area contributed by atoms with Gasteiger partial charge in [0, 0.05) is 38.1 Å². The van der Waals surface area contributed by atoms with Crippen molar-refractivity contribution in [3.8, 4) is 0 Å². The van der Waals surface area contributed by atoms with E-state index in [1.54, 1.807) is 0 Å². The highest BCUT2D eigenvalue weighted by molar-refractivity contribution is 4.91. The molecule has 0 saturated carbocycles. The lowest BCUT2D eigenvalue weighted by Gasteiger charge is -2.37. The summed E-state index contributed by atoms with van der Waals surface area (Å²) in [6, 6.07) is 0.301. The number of piperazine rings is 1. The van der Waals surface area contributed by atoms with E-state index in [1.165, 1.54) is 0 Å². The molecule has 2 heterocycles. The summed E-state index contributed by atoms with van der Waals surface area (Å²) >= 11 is 0. The van der Waals surface area contributed by atoms with Crippen LogP contribution in [-0.2, 0) is 6.54 Å². The van der Waals surface area contributed by atoms with Gasteiger partial charge in [0.05, 0.1) is 13.2 Å². The minimum atomic E-state index is 0.249. The molecule has 1 aromatic heterocycles. The third kappa shape index (κ3) is 3.77. The molecule has 1 N–H and O–H groups in total. The summed E-state index contributed by atoms with van der Waals surface area (Å²) in [6.45, 7) is 11.2. The molecule has 1 aliphatic heterocycles. The summed E-state index contributed by atoms with van der Waals surface area (Å²) in [7, 11) is 0. The van der Waals surface area contributed by atoms with Crippen LogP contribution in [0.1, 0.15) is 44.8 Å². The zero-order valence-corrected chi connectivity index (χ0v) is 12.7. The van der Waals surface area contributed by atoms with Gasteiger partial charge in [0.2, 0.25) is 5.89 Å². The van der Waals surface area contributed by atoms with Gasteiger partial charge in [-0.3, -0.25) is 9.80 Å². The maximum Gasteiger partial charge on any atom is 0.229 e. The Kier molecular flexibility index (Phi) is 5.51. The molecule has 1 atom stereocenters. The van der Waals surface area contributed by atoms with Crippen LogP contribution in [0.25, 0.3) is 0 Å². The standard InChI is InChI=1S/C14H26N4O2/c1-4-12(10-19)18-7-5-17(6-8-18)9-13-15-14(11(2)3)20-16-13/h11-12,19H,4-10H2,1-3H3. The molecule has 1 unspecified atom stereocenters. The lowest BCUT2D eigenvalue weighted by Crippen LogP contribution is -2.50. The Hall–Kier alpha value is -0.980. The van der Waals surface area contributed by atoms with Crippen molar-refractivity contribution in [2.45, 2.75) is 45.7 Å². The van der Waals surface area contributed by atoms with Gasteiger partial charge in [-0.15, -0.1) is 0 Å². The second kappa shape index (κ2) is 7.15. The molecule has 0 bridgehead atoms. The van der Waals surface area contributed by atoms with Gasteiger partial charge >= 0.3 is 0 Å². The highest BCUT2D eigenvalue weighted by Gasteiger charge is 2.23. The monoisotopic (exact) mass is 282 g/mol. The topological polar surface area (TPSA) is 65.6 Å². The summed E-state index contributed by atoms with van der Waals surface area (Å²) < 4.78 is 5.23. The number of aliphatic hydroxyl groups excluding tert-OH is 1. The summed E-state index contributed by atoms with van der Waals surface area (Å²) in [4.78, 5) is 9.13. The lowest BCUT2D eigenvalue weighted by atomic mass is 10.1. The van der Waals surface area contributed by atoms with Crippen LogP contribution in [0.5, 0.6) is 0 Å². The molecule has 0 spiro atoms. The first-order chi connectivity index (χ1) is 9.63. The van der Waals surface area contributed by atoms with Crippen molar-refractivity contribution in [3.63, 3.8) is 0 Å². The molecule has 6 nitrogen and oxygen atoms in total. The second-order valence-electron chi connectivity index (χ2n) is 5.76. The minimum Gasteiger partial charge on any atom is -0.395 e.